The number of imide groups is 1. The van der Waals surface area contributed by atoms with E-state index >= 15 is 0 Å². The zero-order chi connectivity index (χ0) is 20.1. The third kappa shape index (κ3) is 2.73. The van der Waals surface area contributed by atoms with Crippen LogP contribution in [0.1, 0.15) is 22.3 Å². The molecule has 4 atom stereocenters. The molecule has 2 fully saturated rings. The Morgan fingerprint density at radius 3 is 2.48 bits per heavy atom. The van der Waals surface area contributed by atoms with Crippen molar-refractivity contribution in [1.82, 2.24) is 4.98 Å². The molecule has 7 heteroatoms. The number of rotatable bonds is 5. The molecule has 2 N–H and O–H groups in total. The molecule has 0 unspecified atom stereocenters. The molecular formula is C22H19N3O4. The highest BCUT2D eigenvalue weighted by atomic mass is 16.4. The number of nitrogens with one attached hydrogen (secondary N) is 1. The van der Waals surface area contributed by atoms with Crippen molar-refractivity contribution in [2.75, 3.05) is 10.2 Å². The number of fused-ring (bicyclic) bond motifs is 5. The third-order valence-electron chi connectivity index (χ3n) is 6.17. The lowest BCUT2D eigenvalue weighted by Gasteiger charge is -2.19. The molecule has 5 rings (SSSR count). The van der Waals surface area contributed by atoms with Gasteiger partial charge in [-0.1, -0.05) is 18.2 Å². The number of carboxylic acid groups (broad SMARTS) is 1. The van der Waals surface area contributed by atoms with Gasteiger partial charge in [-0.05, 0) is 48.1 Å². The van der Waals surface area contributed by atoms with E-state index in [0.717, 1.165) is 12.0 Å². The number of carbonyl (C=O) groups is 3. The highest BCUT2D eigenvalue weighted by Crippen LogP contribution is 2.53. The largest absolute Gasteiger partial charge is 0.478 e. The first-order chi connectivity index (χ1) is 14.0. The number of aromatic carboxylic acids is 1. The van der Waals surface area contributed by atoms with Gasteiger partial charge in [0.15, 0.2) is 0 Å². The maximum absolute atomic E-state index is 13.0. The molecule has 0 spiro atoms. The summed E-state index contributed by atoms with van der Waals surface area (Å²) in [6.45, 7) is 0.411. The Morgan fingerprint density at radius 1 is 1.14 bits per heavy atom. The Kier molecular flexibility index (Phi) is 3.97. The molecule has 1 saturated carbocycles. The summed E-state index contributed by atoms with van der Waals surface area (Å²) in [7, 11) is 0. The molecule has 29 heavy (non-hydrogen) atoms. The van der Waals surface area contributed by atoms with Crippen LogP contribution in [0.3, 0.4) is 0 Å². The normalized spacial score (nSPS) is 26.8. The number of amides is 2. The van der Waals surface area contributed by atoms with Gasteiger partial charge >= 0.3 is 5.97 Å². The number of allylic oxidation sites excluding steroid dienone is 2. The molecule has 2 bridgehead atoms. The van der Waals surface area contributed by atoms with Crippen LogP contribution in [0.2, 0.25) is 0 Å². The minimum atomic E-state index is -1.12. The number of carboxylic acids is 1. The second-order valence-corrected chi connectivity index (χ2v) is 7.76. The van der Waals surface area contributed by atoms with E-state index in [1.54, 1.807) is 24.5 Å². The average Bonchev–Trinajstić information content (AvgIpc) is 3.41. The van der Waals surface area contributed by atoms with E-state index in [4.69, 9.17) is 0 Å². The smallest absolute Gasteiger partial charge is 0.337 e. The zero-order valence-corrected chi connectivity index (χ0v) is 15.5. The maximum Gasteiger partial charge on any atom is 0.337 e. The molecule has 0 radical (unpaired) electrons. The molecule has 1 aromatic heterocycles. The van der Waals surface area contributed by atoms with Gasteiger partial charge in [0, 0.05) is 24.6 Å². The van der Waals surface area contributed by atoms with Crippen molar-refractivity contribution < 1.29 is 19.5 Å². The first-order valence-corrected chi connectivity index (χ1v) is 9.61. The third-order valence-corrected chi connectivity index (χ3v) is 6.17. The van der Waals surface area contributed by atoms with E-state index in [1.807, 2.05) is 24.3 Å². The van der Waals surface area contributed by atoms with Crippen LogP contribution in [0, 0.1) is 23.7 Å². The molecule has 2 aromatic rings. The van der Waals surface area contributed by atoms with Gasteiger partial charge in [0.2, 0.25) is 11.8 Å². The molecule has 7 nitrogen and oxygen atoms in total. The predicted molar refractivity (Wildman–Crippen MR) is 105 cm³/mol. The standard InChI is InChI=1S/C22H19N3O4/c26-20-18-13-3-4-14(8-13)19(18)21(27)25(20)15-5-6-17(16(9-15)22(28)29)24-11-12-2-1-7-23-10-12/h1-7,9-10,13-14,18-19,24H,8,11H2,(H,28,29)/t13-,14-,18+,19+/m1/s1. The fourth-order valence-electron chi connectivity index (χ4n) is 4.86. The maximum atomic E-state index is 13.0. The number of nitrogens with zero attached hydrogens (tertiary/aromatic N) is 2. The number of carbonyl (C=O) groups excluding carboxylic acids is 2. The summed E-state index contributed by atoms with van der Waals surface area (Å²) in [6.07, 6.45) is 8.30. The van der Waals surface area contributed by atoms with E-state index in [2.05, 4.69) is 10.3 Å². The summed E-state index contributed by atoms with van der Waals surface area (Å²) in [5, 5.41) is 12.8. The number of aromatic nitrogens is 1. The van der Waals surface area contributed by atoms with Crippen molar-refractivity contribution in [3.8, 4) is 0 Å². The van der Waals surface area contributed by atoms with Crippen LogP contribution >= 0.6 is 0 Å². The van der Waals surface area contributed by atoms with Gasteiger partial charge in [-0.2, -0.15) is 0 Å². The topological polar surface area (TPSA) is 99.6 Å². The van der Waals surface area contributed by atoms with E-state index in [0.29, 0.717) is 17.9 Å². The Hall–Kier alpha value is -3.48. The Labute approximate surface area is 167 Å². The molecule has 2 aliphatic carbocycles. The van der Waals surface area contributed by atoms with Gasteiger partial charge in [0.05, 0.1) is 23.1 Å². The molecule has 2 amide bonds. The quantitative estimate of drug-likeness (QED) is 0.603. The van der Waals surface area contributed by atoms with Crippen molar-refractivity contribution in [1.29, 1.82) is 0 Å². The number of benzene rings is 1. The first kappa shape index (κ1) is 17.6. The second-order valence-electron chi connectivity index (χ2n) is 7.76. The summed E-state index contributed by atoms with van der Waals surface area (Å²) in [5.74, 6) is -1.95. The highest BCUT2D eigenvalue weighted by molar-refractivity contribution is 6.23. The Morgan fingerprint density at radius 2 is 1.86 bits per heavy atom. The van der Waals surface area contributed by atoms with Crippen LogP contribution in [0.15, 0.2) is 54.9 Å². The summed E-state index contributed by atoms with van der Waals surface area (Å²) in [6, 6.07) is 8.33. The fourth-order valence-corrected chi connectivity index (χ4v) is 4.86. The minimum Gasteiger partial charge on any atom is -0.478 e. The van der Waals surface area contributed by atoms with E-state index < -0.39 is 5.97 Å². The van der Waals surface area contributed by atoms with Gasteiger partial charge in [-0.3, -0.25) is 14.6 Å². The molecule has 146 valence electrons. The molecule has 1 aliphatic heterocycles. The summed E-state index contributed by atoms with van der Waals surface area (Å²) in [5.41, 5.74) is 1.67. The van der Waals surface area contributed by atoms with Crippen molar-refractivity contribution in [3.63, 3.8) is 0 Å². The van der Waals surface area contributed by atoms with Crippen LogP contribution in [-0.2, 0) is 16.1 Å². The lowest BCUT2D eigenvalue weighted by atomic mass is 9.85. The van der Waals surface area contributed by atoms with Crippen LogP contribution in [0.25, 0.3) is 0 Å². The Balaban J connectivity index is 1.43. The lowest BCUT2D eigenvalue weighted by Crippen LogP contribution is -2.33. The summed E-state index contributed by atoms with van der Waals surface area (Å²) in [4.78, 5) is 43.0. The SMILES string of the molecule is O=C(O)c1cc(N2C(=O)[C@@H]3[C@@H](C2=O)[C@@H]2C=C[C@@H]3C2)ccc1NCc1cccnc1. The summed E-state index contributed by atoms with van der Waals surface area (Å²) >= 11 is 0. The number of pyridine rings is 1. The zero-order valence-electron chi connectivity index (χ0n) is 15.5. The molecule has 2 heterocycles. The van der Waals surface area contributed by atoms with E-state index in [-0.39, 0.29) is 41.0 Å². The van der Waals surface area contributed by atoms with Gasteiger partial charge < -0.3 is 10.4 Å². The van der Waals surface area contributed by atoms with Crippen molar-refractivity contribution in [2.45, 2.75) is 13.0 Å². The highest BCUT2D eigenvalue weighted by Gasteiger charge is 2.59. The molecule has 1 saturated heterocycles. The second kappa shape index (κ2) is 6.55. The van der Waals surface area contributed by atoms with Gasteiger partial charge in [0.25, 0.3) is 0 Å². The number of anilines is 2. The summed E-state index contributed by atoms with van der Waals surface area (Å²) < 4.78 is 0. The van der Waals surface area contributed by atoms with Crippen molar-refractivity contribution >= 4 is 29.2 Å². The number of hydrogen-bond donors (Lipinski definition) is 2. The molecular weight excluding hydrogens is 370 g/mol. The minimum absolute atomic E-state index is 0.0187. The van der Waals surface area contributed by atoms with Gasteiger partial charge in [-0.15, -0.1) is 0 Å². The van der Waals surface area contributed by atoms with Crippen molar-refractivity contribution in [2.24, 2.45) is 23.7 Å². The van der Waals surface area contributed by atoms with Crippen LogP contribution in [0.4, 0.5) is 11.4 Å². The van der Waals surface area contributed by atoms with Gasteiger partial charge in [0.1, 0.15) is 0 Å². The molecule has 3 aliphatic rings. The van der Waals surface area contributed by atoms with Crippen LogP contribution < -0.4 is 10.2 Å². The first-order valence-electron chi connectivity index (χ1n) is 9.61. The fraction of sp³-hybridized carbons (Fsp3) is 0.273. The van der Waals surface area contributed by atoms with E-state index in [1.165, 1.54) is 11.0 Å². The molecule has 1 aromatic carbocycles. The van der Waals surface area contributed by atoms with E-state index in [9.17, 15) is 19.5 Å². The predicted octanol–water partition coefficient (Wildman–Crippen LogP) is 2.70. The number of hydrogen-bond acceptors (Lipinski definition) is 5. The lowest BCUT2D eigenvalue weighted by molar-refractivity contribution is -0.123. The van der Waals surface area contributed by atoms with Crippen LogP contribution in [0.5, 0.6) is 0 Å². The van der Waals surface area contributed by atoms with Crippen molar-refractivity contribution in [3.05, 3.63) is 66.0 Å². The Bertz CT molecular complexity index is 1020. The monoisotopic (exact) mass is 389 g/mol. The van der Waals surface area contributed by atoms with Gasteiger partial charge in [-0.25, -0.2) is 9.69 Å². The average molecular weight is 389 g/mol. The van der Waals surface area contributed by atoms with Crippen LogP contribution in [-0.4, -0.2) is 27.9 Å².